The summed E-state index contributed by atoms with van der Waals surface area (Å²) in [5, 5.41) is 2.36. The van der Waals surface area contributed by atoms with Gasteiger partial charge in [-0.05, 0) is 185 Å². The Kier molecular flexibility index (Phi) is 9.59. The maximum absolute atomic E-state index is 7.03. The highest BCUT2D eigenvalue weighted by Crippen LogP contribution is 2.72. The first-order chi connectivity index (χ1) is 40.2. The molecule has 10 aliphatic carbocycles. The monoisotopic (exact) mass is 1060 g/mol. The number of ether oxygens (including phenoxy) is 1. The molecule has 9 aromatic carbocycles. The minimum Gasteiger partial charge on any atom is -0.457 e. The lowest BCUT2D eigenvalue weighted by atomic mass is 9.40. The van der Waals surface area contributed by atoms with E-state index in [1.807, 2.05) is 0 Å². The minimum atomic E-state index is -0.662. The van der Waals surface area contributed by atoms with Gasteiger partial charge in [-0.3, -0.25) is 4.57 Å². The van der Waals surface area contributed by atoms with Gasteiger partial charge in [0.2, 0.25) is 0 Å². The Hall–Kier alpha value is -8.67. The van der Waals surface area contributed by atoms with Gasteiger partial charge < -0.3 is 14.5 Å². The van der Waals surface area contributed by atoms with Crippen LogP contribution >= 0.6 is 0 Å². The molecule has 4 saturated carbocycles. The second-order valence-electron chi connectivity index (χ2n) is 26.0. The fraction of sp³-hybridized carbons (Fsp3) is 0.234. The summed E-state index contributed by atoms with van der Waals surface area (Å²) in [7, 11) is 0. The molecule has 0 amide bonds. The average Bonchev–Trinajstić information content (AvgIpc) is 0.875. The lowest BCUT2D eigenvalue weighted by Gasteiger charge is -2.66. The number of benzene rings is 9. The van der Waals surface area contributed by atoms with E-state index in [9.17, 15) is 0 Å². The zero-order valence-corrected chi connectivity index (χ0v) is 46.8. The Bertz CT molecular complexity index is 4360. The normalized spacial score (nSPS) is 26.5. The molecule has 2 aromatic heterocycles. The number of aromatic nitrogens is 2. The van der Waals surface area contributed by atoms with Crippen molar-refractivity contribution in [3.8, 4) is 28.4 Å². The summed E-state index contributed by atoms with van der Waals surface area (Å²) in [5.74, 6) is 5.37. The number of hydrogen-bond donors (Lipinski definition) is 0. The molecule has 5 heteroatoms. The molecule has 3 heterocycles. The first-order valence-corrected chi connectivity index (χ1v) is 30.1. The number of hydrogen-bond acceptors (Lipinski definition) is 4. The Morgan fingerprint density at radius 3 is 1.74 bits per heavy atom. The van der Waals surface area contributed by atoms with Crippen molar-refractivity contribution < 1.29 is 4.74 Å². The zero-order chi connectivity index (χ0) is 54.3. The van der Waals surface area contributed by atoms with Crippen LogP contribution in [-0.4, -0.2) is 16.2 Å². The fourth-order valence-electron chi connectivity index (χ4n) is 19.2. The average molecular weight is 1060 g/mol. The molecule has 11 aliphatic rings. The number of anilines is 3. The number of para-hydroxylation sites is 3. The fourth-order valence-corrected chi connectivity index (χ4v) is 19.2. The van der Waals surface area contributed by atoms with E-state index < -0.39 is 11.0 Å². The Balaban J connectivity index is 0.717. The molecular weight excluding hydrogens is 997 g/mol. The highest BCUT2D eigenvalue weighted by molar-refractivity contribution is 6.09. The summed E-state index contributed by atoms with van der Waals surface area (Å²) >= 11 is 0. The molecule has 11 aromatic rings. The molecule has 0 saturated heterocycles. The van der Waals surface area contributed by atoms with E-state index in [1.165, 1.54) is 122 Å². The van der Waals surface area contributed by atoms with Crippen LogP contribution in [0.1, 0.15) is 114 Å². The van der Waals surface area contributed by atoms with Crippen LogP contribution in [0.2, 0.25) is 0 Å². The van der Waals surface area contributed by atoms with Gasteiger partial charge in [-0.2, -0.15) is 0 Å². The van der Waals surface area contributed by atoms with Crippen LogP contribution in [0.3, 0.4) is 0 Å². The van der Waals surface area contributed by atoms with Gasteiger partial charge in [-0.15, -0.1) is 0 Å². The molecule has 5 nitrogen and oxygen atoms in total. The van der Waals surface area contributed by atoms with Crippen molar-refractivity contribution in [2.45, 2.75) is 87.0 Å². The van der Waals surface area contributed by atoms with Crippen molar-refractivity contribution >= 4 is 38.9 Å². The summed E-state index contributed by atoms with van der Waals surface area (Å²) < 4.78 is 9.35. The highest BCUT2D eigenvalue weighted by Gasteiger charge is 2.69. The minimum absolute atomic E-state index is 0.105. The van der Waals surface area contributed by atoms with Crippen LogP contribution in [0.15, 0.2) is 225 Å². The molecule has 398 valence electrons. The van der Waals surface area contributed by atoms with Gasteiger partial charge in [0.15, 0.2) is 0 Å². The van der Waals surface area contributed by atoms with Gasteiger partial charge in [-0.25, -0.2) is 4.98 Å². The lowest BCUT2D eigenvalue weighted by Crippen LogP contribution is -2.67. The van der Waals surface area contributed by atoms with Crippen molar-refractivity contribution in [1.82, 2.24) is 9.55 Å². The largest absolute Gasteiger partial charge is 0.457 e. The summed E-state index contributed by atoms with van der Waals surface area (Å²) in [5.41, 5.74) is 21.0. The summed E-state index contributed by atoms with van der Waals surface area (Å²) in [6, 6.07) is 82.7. The maximum Gasteiger partial charge on any atom is 0.137 e. The second kappa shape index (κ2) is 16.7. The van der Waals surface area contributed by atoms with Crippen LogP contribution in [-0.2, 0) is 21.8 Å². The number of aryl methyl sites for hydroxylation is 1. The van der Waals surface area contributed by atoms with Crippen LogP contribution in [0.4, 0.5) is 17.1 Å². The van der Waals surface area contributed by atoms with E-state index in [0.717, 1.165) is 51.8 Å². The number of nitrogens with zero attached hydrogens (tertiary/aromatic N) is 4. The zero-order valence-electron chi connectivity index (χ0n) is 46.8. The number of rotatable bonds is 7. The molecule has 22 rings (SSSR count). The van der Waals surface area contributed by atoms with E-state index in [2.05, 4.69) is 260 Å². The molecule has 0 unspecified atom stereocenters. The van der Waals surface area contributed by atoms with Crippen LogP contribution in [0.25, 0.3) is 38.8 Å². The highest BCUT2D eigenvalue weighted by atomic mass is 16.5. The third kappa shape index (κ3) is 6.06. The quantitative estimate of drug-likeness (QED) is 0.159. The Labute approximate surface area is 480 Å². The van der Waals surface area contributed by atoms with E-state index in [-0.39, 0.29) is 11.3 Å². The Morgan fingerprint density at radius 1 is 0.500 bits per heavy atom. The molecule has 4 fully saturated rings. The van der Waals surface area contributed by atoms with Gasteiger partial charge in [0.05, 0.1) is 29.1 Å². The van der Waals surface area contributed by atoms with Crippen molar-refractivity contribution in [3.05, 3.63) is 280 Å². The maximum atomic E-state index is 7.03. The second-order valence-corrected chi connectivity index (χ2v) is 26.0. The molecule has 82 heavy (non-hydrogen) atoms. The molecule has 0 N–H and O–H groups in total. The molecule has 1 aliphatic heterocycles. The van der Waals surface area contributed by atoms with Gasteiger partial charge in [0.1, 0.15) is 22.9 Å². The molecule has 8 bridgehead atoms. The molecular formula is C77H64N4O. The van der Waals surface area contributed by atoms with Crippen molar-refractivity contribution in [2.24, 2.45) is 17.8 Å². The topological polar surface area (TPSA) is 33.5 Å². The van der Waals surface area contributed by atoms with Gasteiger partial charge in [0.25, 0.3) is 0 Å². The number of pyridine rings is 1. The number of fused-ring (bicyclic) bond motifs is 4. The third-order valence-corrected chi connectivity index (χ3v) is 22.0. The SMILES string of the molecule is Cc1cc(-n2c3ccccc3c3ccc(Oc4cccc(N5CN(C67c8ccccc8C(c8ccccc86)C6(C)c8ccccc8C7(C)c7ccccc76)c6ccccc65)c4)cc32)ncc1-c1ccc(C23CC4CC(CC(C4)C2)C3)cc1. The first kappa shape index (κ1) is 47.0. The van der Waals surface area contributed by atoms with E-state index in [4.69, 9.17) is 9.72 Å². The van der Waals surface area contributed by atoms with Crippen molar-refractivity contribution in [2.75, 3.05) is 16.5 Å². The van der Waals surface area contributed by atoms with Crippen LogP contribution in [0, 0.1) is 24.7 Å². The van der Waals surface area contributed by atoms with Crippen molar-refractivity contribution in [3.63, 3.8) is 0 Å². The molecule has 0 spiro atoms. The van der Waals surface area contributed by atoms with E-state index >= 15 is 0 Å². The predicted molar refractivity (Wildman–Crippen MR) is 332 cm³/mol. The lowest BCUT2D eigenvalue weighted by molar-refractivity contribution is -0.00518. The summed E-state index contributed by atoms with van der Waals surface area (Å²) in [4.78, 5) is 10.6. The smallest absolute Gasteiger partial charge is 0.137 e. The van der Waals surface area contributed by atoms with E-state index in [0.29, 0.717) is 12.1 Å². The van der Waals surface area contributed by atoms with E-state index in [1.54, 1.807) is 5.56 Å². The first-order valence-electron chi connectivity index (χ1n) is 30.1. The van der Waals surface area contributed by atoms with Crippen molar-refractivity contribution in [1.29, 1.82) is 0 Å². The Morgan fingerprint density at radius 2 is 1.07 bits per heavy atom. The molecule has 0 atom stereocenters. The van der Waals surface area contributed by atoms with Crippen LogP contribution in [0.5, 0.6) is 11.5 Å². The van der Waals surface area contributed by atoms with Gasteiger partial charge in [0, 0.05) is 57.1 Å². The van der Waals surface area contributed by atoms with Crippen LogP contribution < -0.4 is 14.5 Å². The van der Waals surface area contributed by atoms with Gasteiger partial charge >= 0.3 is 0 Å². The summed E-state index contributed by atoms with van der Waals surface area (Å²) in [6.45, 7) is 7.95. The summed E-state index contributed by atoms with van der Waals surface area (Å²) in [6.07, 6.45) is 10.7. The molecule has 0 radical (unpaired) electrons. The predicted octanol–water partition coefficient (Wildman–Crippen LogP) is 18.4. The third-order valence-electron chi connectivity index (χ3n) is 22.0. The van der Waals surface area contributed by atoms with Gasteiger partial charge in [-0.1, -0.05) is 165 Å². The standard InChI is InChI=1S/C77H64N4O/c1-48-37-72(78-46-61(48)52-31-33-53(34-32-52)76-43-49-38-50(44-76)40-51(39-49)45-76)81-68-28-13-6-19-57(68)58-36-35-56(42-71(58)81)82-55-18-16-17-54(41-55)79-47-80(70-30-15-14-29-69(70)79)77-62-22-7-4-20-59(62)73(60-21-5-8-23-63(60)77)74(2)64-24-9-11-26-66(64)75(77,3)67-27-12-10-25-65(67)74/h4-37,41-42,46,49-51,73H,38-40,43-45,47H2,1-3H3.